The summed E-state index contributed by atoms with van der Waals surface area (Å²) in [6, 6.07) is 3.84. The number of amides is 1. The maximum atomic E-state index is 12.8. The molecule has 0 atom stereocenters. The van der Waals surface area contributed by atoms with Gasteiger partial charge >= 0.3 is 0 Å². The van der Waals surface area contributed by atoms with E-state index < -0.39 is 0 Å². The second kappa shape index (κ2) is 6.75. The molecule has 4 heterocycles. The van der Waals surface area contributed by atoms with Crippen molar-refractivity contribution in [2.45, 2.75) is 39.7 Å². The molecule has 1 fully saturated rings. The third-order valence-electron chi connectivity index (χ3n) is 5.25. The Hall–Kier alpha value is -1.95. The summed E-state index contributed by atoms with van der Waals surface area (Å²) in [5.74, 6) is 2.80. The van der Waals surface area contributed by atoms with Crippen LogP contribution >= 0.6 is 11.3 Å². The standard InChI is InChI=1S/C19H24N4OS/c1-13-5-8-22(9-6-13)18-15-12-23(19(24)17-4-3-11-25-17)10-7-16(15)20-14(2)21-18/h3-4,11,13H,5-10,12H2,1-2H3. The maximum Gasteiger partial charge on any atom is 0.264 e. The first-order chi connectivity index (χ1) is 12.1. The van der Waals surface area contributed by atoms with Crippen molar-refractivity contribution in [3.8, 4) is 0 Å². The number of anilines is 1. The van der Waals surface area contributed by atoms with E-state index in [4.69, 9.17) is 4.98 Å². The number of thiophene rings is 1. The molecule has 2 aliphatic rings. The Morgan fingerprint density at radius 1 is 1.24 bits per heavy atom. The van der Waals surface area contributed by atoms with E-state index in [0.29, 0.717) is 6.54 Å². The Labute approximate surface area is 152 Å². The summed E-state index contributed by atoms with van der Waals surface area (Å²) in [6.45, 7) is 7.73. The van der Waals surface area contributed by atoms with Crippen LogP contribution in [-0.2, 0) is 13.0 Å². The normalized spacial score (nSPS) is 18.3. The highest BCUT2D eigenvalue weighted by Crippen LogP contribution is 2.30. The molecule has 25 heavy (non-hydrogen) atoms. The maximum absolute atomic E-state index is 12.8. The summed E-state index contributed by atoms with van der Waals surface area (Å²) < 4.78 is 0. The minimum atomic E-state index is 0.124. The number of fused-ring (bicyclic) bond motifs is 1. The molecule has 1 amide bonds. The average molecular weight is 356 g/mol. The Morgan fingerprint density at radius 2 is 2.04 bits per heavy atom. The van der Waals surface area contributed by atoms with Crippen LogP contribution in [0.4, 0.5) is 5.82 Å². The van der Waals surface area contributed by atoms with Crippen LogP contribution < -0.4 is 4.90 Å². The summed E-state index contributed by atoms with van der Waals surface area (Å²) in [4.78, 5) is 27.3. The Kier molecular flexibility index (Phi) is 4.46. The van der Waals surface area contributed by atoms with Crippen molar-refractivity contribution in [1.29, 1.82) is 0 Å². The molecular formula is C19H24N4OS. The van der Waals surface area contributed by atoms with Crippen molar-refractivity contribution < 1.29 is 4.79 Å². The van der Waals surface area contributed by atoms with Crippen LogP contribution in [0.5, 0.6) is 0 Å². The highest BCUT2D eigenvalue weighted by Gasteiger charge is 2.29. The van der Waals surface area contributed by atoms with Crippen LogP contribution in [0.25, 0.3) is 0 Å². The predicted octanol–water partition coefficient (Wildman–Crippen LogP) is 3.28. The predicted molar refractivity (Wildman–Crippen MR) is 100 cm³/mol. The van der Waals surface area contributed by atoms with E-state index in [1.807, 2.05) is 29.3 Å². The highest BCUT2D eigenvalue weighted by atomic mass is 32.1. The number of aryl methyl sites for hydroxylation is 1. The van der Waals surface area contributed by atoms with Crippen molar-refractivity contribution in [2.75, 3.05) is 24.5 Å². The van der Waals surface area contributed by atoms with Gasteiger partial charge in [0, 0.05) is 31.6 Å². The Bertz CT molecular complexity index is 766. The minimum Gasteiger partial charge on any atom is -0.356 e. The monoisotopic (exact) mass is 356 g/mol. The van der Waals surface area contributed by atoms with E-state index in [2.05, 4.69) is 16.8 Å². The van der Waals surface area contributed by atoms with Crippen LogP contribution in [0.15, 0.2) is 17.5 Å². The molecule has 0 radical (unpaired) electrons. The number of hydrogen-bond acceptors (Lipinski definition) is 5. The molecule has 2 aromatic heterocycles. The van der Waals surface area contributed by atoms with Gasteiger partial charge in [-0.3, -0.25) is 4.79 Å². The zero-order valence-corrected chi connectivity index (χ0v) is 15.7. The van der Waals surface area contributed by atoms with Gasteiger partial charge in [-0.25, -0.2) is 9.97 Å². The fraction of sp³-hybridized carbons (Fsp3) is 0.526. The molecule has 0 aliphatic carbocycles. The van der Waals surface area contributed by atoms with Gasteiger partial charge in [0.15, 0.2) is 0 Å². The molecule has 0 spiro atoms. The fourth-order valence-corrected chi connectivity index (χ4v) is 4.42. The quantitative estimate of drug-likeness (QED) is 0.829. The van der Waals surface area contributed by atoms with Crippen molar-refractivity contribution in [3.63, 3.8) is 0 Å². The lowest BCUT2D eigenvalue weighted by Crippen LogP contribution is -2.39. The largest absolute Gasteiger partial charge is 0.356 e. The van der Waals surface area contributed by atoms with Crippen molar-refractivity contribution in [1.82, 2.24) is 14.9 Å². The molecule has 132 valence electrons. The Morgan fingerprint density at radius 3 is 2.76 bits per heavy atom. The second-order valence-corrected chi connectivity index (χ2v) is 8.09. The SMILES string of the molecule is Cc1nc2c(c(N3CCC(C)CC3)n1)CN(C(=O)c1cccs1)CC2. The summed E-state index contributed by atoms with van der Waals surface area (Å²) in [6.07, 6.45) is 3.22. The molecule has 0 N–H and O–H groups in total. The van der Waals surface area contributed by atoms with Gasteiger partial charge in [0.05, 0.1) is 17.1 Å². The smallest absolute Gasteiger partial charge is 0.264 e. The lowest BCUT2D eigenvalue weighted by Gasteiger charge is -2.36. The van der Waals surface area contributed by atoms with Crippen LogP contribution in [0.1, 0.15) is 46.5 Å². The average Bonchev–Trinajstić information content (AvgIpc) is 3.15. The summed E-state index contributed by atoms with van der Waals surface area (Å²) in [7, 11) is 0. The van der Waals surface area contributed by atoms with Crippen molar-refractivity contribution in [3.05, 3.63) is 39.5 Å². The first-order valence-electron chi connectivity index (χ1n) is 9.06. The molecule has 0 bridgehead atoms. The van der Waals surface area contributed by atoms with Crippen molar-refractivity contribution in [2.24, 2.45) is 5.92 Å². The number of rotatable bonds is 2. The van der Waals surface area contributed by atoms with E-state index >= 15 is 0 Å². The van der Waals surface area contributed by atoms with E-state index in [9.17, 15) is 4.79 Å². The highest BCUT2D eigenvalue weighted by molar-refractivity contribution is 7.12. The van der Waals surface area contributed by atoms with Gasteiger partial charge in [-0.2, -0.15) is 0 Å². The second-order valence-electron chi connectivity index (χ2n) is 7.14. The van der Waals surface area contributed by atoms with E-state index in [1.165, 1.54) is 24.2 Å². The molecule has 0 saturated carbocycles. The van der Waals surface area contributed by atoms with Crippen molar-refractivity contribution >= 4 is 23.1 Å². The van der Waals surface area contributed by atoms with Gasteiger partial charge in [0.1, 0.15) is 11.6 Å². The van der Waals surface area contributed by atoms with Gasteiger partial charge in [-0.15, -0.1) is 11.3 Å². The third-order valence-corrected chi connectivity index (χ3v) is 6.11. The molecule has 6 heteroatoms. The minimum absolute atomic E-state index is 0.124. The number of hydrogen-bond donors (Lipinski definition) is 0. The summed E-state index contributed by atoms with van der Waals surface area (Å²) in [5.41, 5.74) is 2.27. The molecule has 1 saturated heterocycles. The first kappa shape index (κ1) is 16.5. The summed E-state index contributed by atoms with van der Waals surface area (Å²) in [5, 5.41) is 1.96. The first-order valence-corrected chi connectivity index (χ1v) is 9.94. The van der Waals surface area contributed by atoms with Crippen LogP contribution in [-0.4, -0.2) is 40.4 Å². The van der Waals surface area contributed by atoms with Crippen LogP contribution in [0, 0.1) is 12.8 Å². The molecule has 0 unspecified atom stereocenters. The number of carbonyl (C=O) groups is 1. The van der Waals surface area contributed by atoms with E-state index in [-0.39, 0.29) is 5.91 Å². The van der Waals surface area contributed by atoms with E-state index in [0.717, 1.165) is 59.7 Å². The lowest BCUT2D eigenvalue weighted by molar-refractivity contribution is 0.0738. The molecule has 2 aliphatic heterocycles. The van der Waals surface area contributed by atoms with Gasteiger partial charge in [0.2, 0.25) is 0 Å². The topological polar surface area (TPSA) is 49.3 Å². The number of nitrogens with zero attached hydrogens (tertiary/aromatic N) is 4. The Balaban J connectivity index is 1.63. The van der Waals surface area contributed by atoms with Gasteiger partial charge < -0.3 is 9.80 Å². The van der Waals surface area contributed by atoms with Crippen LogP contribution in [0.2, 0.25) is 0 Å². The molecule has 2 aromatic rings. The summed E-state index contributed by atoms with van der Waals surface area (Å²) >= 11 is 1.51. The number of piperidine rings is 1. The zero-order valence-electron chi connectivity index (χ0n) is 14.9. The zero-order chi connectivity index (χ0) is 17.4. The van der Waals surface area contributed by atoms with Gasteiger partial charge in [-0.05, 0) is 37.1 Å². The fourth-order valence-electron chi connectivity index (χ4n) is 3.73. The van der Waals surface area contributed by atoms with Crippen LogP contribution in [0.3, 0.4) is 0 Å². The van der Waals surface area contributed by atoms with Gasteiger partial charge in [0.25, 0.3) is 5.91 Å². The molecule has 5 nitrogen and oxygen atoms in total. The molecule has 4 rings (SSSR count). The van der Waals surface area contributed by atoms with E-state index in [1.54, 1.807) is 0 Å². The molecule has 0 aromatic carbocycles. The number of carbonyl (C=O) groups excluding carboxylic acids is 1. The lowest BCUT2D eigenvalue weighted by atomic mass is 9.98. The molecular weight excluding hydrogens is 332 g/mol. The third kappa shape index (κ3) is 3.27. The van der Waals surface area contributed by atoms with Gasteiger partial charge in [-0.1, -0.05) is 13.0 Å². The number of aromatic nitrogens is 2.